The lowest BCUT2D eigenvalue weighted by Gasteiger charge is -2.06. The SMILES string of the molecule is Cc1ccc(CCCC(=O)Nc2ccc(-c3n[nH]c(CN)n3)cc2)cc1.Cl. The Morgan fingerprint density at radius 3 is 2.44 bits per heavy atom. The van der Waals surface area contributed by atoms with Gasteiger partial charge >= 0.3 is 0 Å². The first kappa shape index (κ1) is 20.6. The maximum atomic E-state index is 12.1. The number of H-pyrrole nitrogens is 1. The number of anilines is 1. The van der Waals surface area contributed by atoms with E-state index >= 15 is 0 Å². The van der Waals surface area contributed by atoms with Crippen molar-refractivity contribution in [3.05, 3.63) is 65.5 Å². The van der Waals surface area contributed by atoms with E-state index in [0.717, 1.165) is 24.1 Å². The molecule has 0 aliphatic carbocycles. The fourth-order valence-electron chi connectivity index (χ4n) is 2.65. The van der Waals surface area contributed by atoms with Gasteiger partial charge in [-0.1, -0.05) is 29.8 Å². The van der Waals surface area contributed by atoms with Gasteiger partial charge in [0.1, 0.15) is 5.82 Å². The largest absolute Gasteiger partial charge is 0.326 e. The molecule has 0 saturated carbocycles. The summed E-state index contributed by atoms with van der Waals surface area (Å²) < 4.78 is 0. The average molecular weight is 386 g/mol. The second-order valence-electron chi connectivity index (χ2n) is 6.27. The van der Waals surface area contributed by atoms with Crippen molar-refractivity contribution in [3.63, 3.8) is 0 Å². The van der Waals surface area contributed by atoms with Gasteiger partial charge in [0.05, 0.1) is 6.54 Å². The summed E-state index contributed by atoms with van der Waals surface area (Å²) in [6.45, 7) is 2.39. The van der Waals surface area contributed by atoms with Gasteiger partial charge in [0.15, 0.2) is 5.82 Å². The molecule has 0 saturated heterocycles. The minimum absolute atomic E-state index is 0. The van der Waals surface area contributed by atoms with Crippen molar-refractivity contribution in [2.75, 3.05) is 5.32 Å². The number of rotatable bonds is 7. The number of aromatic amines is 1. The van der Waals surface area contributed by atoms with Crippen molar-refractivity contribution in [3.8, 4) is 11.4 Å². The van der Waals surface area contributed by atoms with Crippen molar-refractivity contribution >= 4 is 24.0 Å². The average Bonchev–Trinajstić information content (AvgIpc) is 3.13. The first-order chi connectivity index (χ1) is 12.6. The number of nitrogens with one attached hydrogen (secondary N) is 2. The zero-order valence-electron chi connectivity index (χ0n) is 15.2. The van der Waals surface area contributed by atoms with Crippen molar-refractivity contribution in [2.45, 2.75) is 32.7 Å². The molecule has 0 unspecified atom stereocenters. The number of amides is 1. The minimum Gasteiger partial charge on any atom is -0.326 e. The quantitative estimate of drug-likeness (QED) is 0.578. The maximum absolute atomic E-state index is 12.1. The Balaban J connectivity index is 0.00000261. The number of nitrogens with two attached hydrogens (primary N) is 1. The fourth-order valence-corrected chi connectivity index (χ4v) is 2.65. The monoisotopic (exact) mass is 385 g/mol. The van der Waals surface area contributed by atoms with Crippen LogP contribution in [0, 0.1) is 6.92 Å². The van der Waals surface area contributed by atoms with E-state index in [-0.39, 0.29) is 18.3 Å². The number of halogens is 1. The highest BCUT2D eigenvalue weighted by Crippen LogP contribution is 2.18. The van der Waals surface area contributed by atoms with Gasteiger partial charge in [-0.05, 0) is 49.6 Å². The lowest BCUT2D eigenvalue weighted by molar-refractivity contribution is -0.116. The van der Waals surface area contributed by atoms with Gasteiger partial charge in [-0.25, -0.2) is 4.98 Å². The van der Waals surface area contributed by atoms with E-state index < -0.39 is 0 Å². The molecule has 6 nitrogen and oxygen atoms in total. The molecule has 1 heterocycles. The van der Waals surface area contributed by atoms with E-state index in [1.165, 1.54) is 11.1 Å². The molecule has 3 aromatic rings. The third kappa shape index (κ3) is 5.91. The molecule has 0 atom stereocenters. The van der Waals surface area contributed by atoms with Crippen LogP contribution in [0.15, 0.2) is 48.5 Å². The number of benzene rings is 2. The summed E-state index contributed by atoms with van der Waals surface area (Å²) in [5.41, 5.74) is 9.67. The van der Waals surface area contributed by atoms with Gasteiger partial charge in [0.2, 0.25) is 5.91 Å². The molecule has 27 heavy (non-hydrogen) atoms. The van der Waals surface area contributed by atoms with Crippen LogP contribution in [0.1, 0.15) is 29.8 Å². The van der Waals surface area contributed by atoms with Gasteiger partial charge < -0.3 is 11.1 Å². The lowest BCUT2D eigenvalue weighted by atomic mass is 10.1. The van der Waals surface area contributed by atoms with E-state index in [4.69, 9.17) is 5.73 Å². The summed E-state index contributed by atoms with van der Waals surface area (Å²) in [5.74, 6) is 1.26. The lowest BCUT2D eigenvalue weighted by Crippen LogP contribution is -2.11. The highest BCUT2D eigenvalue weighted by molar-refractivity contribution is 5.90. The summed E-state index contributed by atoms with van der Waals surface area (Å²) in [6, 6.07) is 15.9. The van der Waals surface area contributed by atoms with Crippen molar-refractivity contribution in [1.29, 1.82) is 0 Å². The van der Waals surface area contributed by atoms with Crippen LogP contribution in [0.5, 0.6) is 0 Å². The van der Waals surface area contributed by atoms with Crippen LogP contribution in [0.25, 0.3) is 11.4 Å². The predicted octanol–water partition coefficient (Wildman–Crippen LogP) is 3.62. The van der Waals surface area contributed by atoms with E-state index in [1.807, 2.05) is 24.3 Å². The van der Waals surface area contributed by atoms with E-state index in [9.17, 15) is 4.79 Å². The maximum Gasteiger partial charge on any atom is 0.224 e. The third-order valence-electron chi connectivity index (χ3n) is 4.14. The zero-order chi connectivity index (χ0) is 18.4. The topological polar surface area (TPSA) is 96.7 Å². The summed E-state index contributed by atoms with van der Waals surface area (Å²) in [4.78, 5) is 16.4. The molecule has 0 aliphatic heterocycles. The Kier molecular flexibility index (Phi) is 7.52. The molecule has 4 N–H and O–H groups in total. The van der Waals surface area contributed by atoms with Crippen LogP contribution < -0.4 is 11.1 Å². The Morgan fingerprint density at radius 1 is 1.11 bits per heavy atom. The van der Waals surface area contributed by atoms with Crippen LogP contribution >= 0.6 is 12.4 Å². The molecule has 0 spiro atoms. The Hall–Kier alpha value is -2.70. The van der Waals surface area contributed by atoms with E-state index in [0.29, 0.717) is 24.6 Å². The Morgan fingerprint density at radius 2 is 1.81 bits per heavy atom. The smallest absolute Gasteiger partial charge is 0.224 e. The molecule has 0 aliphatic rings. The molecule has 2 aromatic carbocycles. The second-order valence-corrected chi connectivity index (χ2v) is 6.27. The first-order valence-electron chi connectivity index (χ1n) is 8.71. The number of carbonyl (C=O) groups is 1. The van der Waals surface area contributed by atoms with E-state index in [2.05, 4.69) is 51.7 Å². The second kappa shape index (κ2) is 9.85. The summed E-state index contributed by atoms with van der Waals surface area (Å²) in [7, 11) is 0. The van der Waals surface area contributed by atoms with Crippen LogP contribution in [0.2, 0.25) is 0 Å². The van der Waals surface area contributed by atoms with E-state index in [1.54, 1.807) is 0 Å². The Bertz CT molecular complexity index is 859. The van der Waals surface area contributed by atoms with Crippen molar-refractivity contribution in [1.82, 2.24) is 15.2 Å². The molecule has 142 valence electrons. The number of hydrogen-bond acceptors (Lipinski definition) is 4. The minimum atomic E-state index is 0. The number of aromatic nitrogens is 3. The molecule has 3 rings (SSSR count). The number of hydrogen-bond donors (Lipinski definition) is 3. The van der Waals surface area contributed by atoms with Crippen molar-refractivity contribution in [2.24, 2.45) is 5.73 Å². The van der Waals surface area contributed by atoms with Crippen LogP contribution in [-0.4, -0.2) is 21.1 Å². The highest BCUT2D eigenvalue weighted by Gasteiger charge is 2.06. The number of carbonyl (C=O) groups excluding carboxylic acids is 1. The molecule has 0 bridgehead atoms. The van der Waals surface area contributed by atoms with Gasteiger partial charge in [-0.3, -0.25) is 9.89 Å². The fraction of sp³-hybridized carbons (Fsp3) is 0.250. The Labute approximate surface area is 165 Å². The van der Waals surface area contributed by atoms with Crippen LogP contribution in [-0.2, 0) is 17.8 Å². The number of nitrogens with zero attached hydrogens (tertiary/aromatic N) is 2. The molecule has 0 radical (unpaired) electrons. The van der Waals surface area contributed by atoms with Crippen LogP contribution in [0.4, 0.5) is 5.69 Å². The standard InChI is InChI=1S/C20H23N5O.ClH/c1-14-5-7-15(8-6-14)3-2-4-19(26)22-17-11-9-16(10-12-17)20-23-18(13-21)24-25-20;/h5-12H,2-4,13,21H2,1H3,(H,22,26)(H,23,24,25);1H. The molecule has 7 heteroatoms. The normalized spacial score (nSPS) is 10.3. The van der Waals surface area contributed by atoms with Gasteiger partial charge in [0, 0.05) is 17.7 Å². The molecule has 1 amide bonds. The van der Waals surface area contributed by atoms with Crippen LogP contribution in [0.3, 0.4) is 0 Å². The first-order valence-corrected chi connectivity index (χ1v) is 8.71. The third-order valence-corrected chi connectivity index (χ3v) is 4.14. The summed E-state index contributed by atoms with van der Waals surface area (Å²) in [6.07, 6.45) is 2.23. The molecule has 1 aromatic heterocycles. The predicted molar refractivity (Wildman–Crippen MR) is 110 cm³/mol. The highest BCUT2D eigenvalue weighted by atomic mass is 35.5. The summed E-state index contributed by atoms with van der Waals surface area (Å²) in [5, 5.41) is 9.83. The number of aryl methyl sites for hydroxylation is 2. The van der Waals surface area contributed by atoms with Gasteiger partial charge in [-0.15, -0.1) is 12.4 Å². The zero-order valence-corrected chi connectivity index (χ0v) is 16.1. The van der Waals surface area contributed by atoms with Crippen molar-refractivity contribution < 1.29 is 4.79 Å². The molecular weight excluding hydrogens is 362 g/mol. The van der Waals surface area contributed by atoms with Gasteiger partial charge in [0.25, 0.3) is 0 Å². The van der Waals surface area contributed by atoms with Gasteiger partial charge in [-0.2, -0.15) is 5.10 Å². The molecular formula is C20H24ClN5O. The summed E-state index contributed by atoms with van der Waals surface area (Å²) >= 11 is 0. The molecule has 0 fully saturated rings.